The average molecular weight is 246 g/mol. The summed E-state index contributed by atoms with van der Waals surface area (Å²) in [6.45, 7) is 5.93. The third kappa shape index (κ3) is 3.47. The van der Waals surface area contributed by atoms with Crippen LogP contribution in [0.2, 0.25) is 5.15 Å². The van der Waals surface area contributed by atoms with Crippen molar-refractivity contribution >= 4 is 11.6 Å². The van der Waals surface area contributed by atoms with Crippen LogP contribution in [0.25, 0.3) is 0 Å². The fraction of sp³-hybridized carbons (Fsp3) is 0.727. The number of halogens is 1. The minimum Gasteiger partial charge on any atom is -0.396 e. The first-order valence-corrected chi connectivity index (χ1v) is 5.93. The molecule has 0 aliphatic carbocycles. The van der Waals surface area contributed by atoms with Gasteiger partial charge in [0.05, 0.1) is 5.69 Å². The van der Waals surface area contributed by atoms with Crippen LogP contribution < -0.4 is 5.32 Å². The monoisotopic (exact) mass is 245 g/mol. The summed E-state index contributed by atoms with van der Waals surface area (Å²) in [5.74, 6) is 0.473. The normalized spacial score (nSPS) is 13.1. The van der Waals surface area contributed by atoms with Gasteiger partial charge in [-0.1, -0.05) is 18.5 Å². The summed E-state index contributed by atoms with van der Waals surface area (Å²) in [5, 5.41) is 17.1. The van der Waals surface area contributed by atoms with Crippen LogP contribution in [0, 0.1) is 12.8 Å². The van der Waals surface area contributed by atoms with Crippen LogP contribution in [-0.4, -0.2) is 28.0 Å². The predicted molar refractivity (Wildman–Crippen MR) is 65.5 cm³/mol. The molecule has 0 aliphatic heterocycles. The molecule has 1 unspecified atom stereocenters. The SMILES string of the molecule is Cc1nn(C)c(Cl)c1CNCC(C)CCO. The molecule has 0 saturated heterocycles. The molecule has 0 radical (unpaired) electrons. The molecule has 1 heterocycles. The van der Waals surface area contributed by atoms with Crippen molar-refractivity contribution in [3.8, 4) is 0 Å². The lowest BCUT2D eigenvalue weighted by Gasteiger charge is -2.10. The van der Waals surface area contributed by atoms with E-state index < -0.39 is 0 Å². The summed E-state index contributed by atoms with van der Waals surface area (Å²) in [5.41, 5.74) is 2.02. The first-order chi connectivity index (χ1) is 7.56. The lowest BCUT2D eigenvalue weighted by molar-refractivity contribution is 0.260. The van der Waals surface area contributed by atoms with E-state index in [2.05, 4.69) is 17.3 Å². The molecular formula is C11H20ClN3O. The van der Waals surface area contributed by atoms with E-state index >= 15 is 0 Å². The molecule has 0 bridgehead atoms. The summed E-state index contributed by atoms with van der Waals surface area (Å²) in [4.78, 5) is 0. The number of hydrogen-bond donors (Lipinski definition) is 2. The highest BCUT2D eigenvalue weighted by molar-refractivity contribution is 6.30. The molecule has 5 heteroatoms. The molecule has 1 aromatic rings. The number of rotatable bonds is 6. The predicted octanol–water partition coefficient (Wildman–Crippen LogP) is 1.49. The minimum atomic E-state index is 0.246. The Kier molecular flexibility index (Phi) is 5.25. The molecule has 92 valence electrons. The quantitative estimate of drug-likeness (QED) is 0.799. The maximum absolute atomic E-state index is 8.78. The van der Waals surface area contributed by atoms with Crippen molar-refractivity contribution in [2.45, 2.75) is 26.8 Å². The number of nitrogens with zero attached hydrogens (tertiary/aromatic N) is 2. The van der Waals surface area contributed by atoms with E-state index in [0.717, 1.165) is 30.8 Å². The largest absolute Gasteiger partial charge is 0.396 e. The maximum Gasteiger partial charge on any atom is 0.131 e. The molecule has 2 N–H and O–H groups in total. The highest BCUT2D eigenvalue weighted by atomic mass is 35.5. The Morgan fingerprint density at radius 1 is 1.56 bits per heavy atom. The van der Waals surface area contributed by atoms with Crippen LogP contribution >= 0.6 is 11.6 Å². The van der Waals surface area contributed by atoms with Crippen LogP contribution in [0.1, 0.15) is 24.6 Å². The zero-order valence-corrected chi connectivity index (χ0v) is 10.9. The molecule has 0 spiro atoms. The van der Waals surface area contributed by atoms with Crippen LogP contribution in [0.5, 0.6) is 0 Å². The first-order valence-electron chi connectivity index (χ1n) is 5.55. The van der Waals surface area contributed by atoms with Crippen molar-refractivity contribution in [3.63, 3.8) is 0 Å². The molecule has 0 aromatic carbocycles. The van der Waals surface area contributed by atoms with Crippen molar-refractivity contribution in [2.24, 2.45) is 13.0 Å². The maximum atomic E-state index is 8.78. The molecule has 4 nitrogen and oxygen atoms in total. The Morgan fingerprint density at radius 2 is 2.25 bits per heavy atom. The zero-order chi connectivity index (χ0) is 12.1. The number of aliphatic hydroxyl groups is 1. The Hall–Kier alpha value is -0.580. The molecule has 16 heavy (non-hydrogen) atoms. The minimum absolute atomic E-state index is 0.246. The van der Waals surface area contributed by atoms with Gasteiger partial charge in [-0.25, -0.2) is 0 Å². The number of aliphatic hydroxyl groups excluding tert-OH is 1. The highest BCUT2D eigenvalue weighted by Crippen LogP contribution is 2.18. The summed E-state index contributed by atoms with van der Waals surface area (Å²) >= 11 is 6.11. The third-order valence-corrected chi connectivity index (χ3v) is 3.16. The van der Waals surface area contributed by atoms with Crippen LogP contribution in [0.4, 0.5) is 0 Å². The zero-order valence-electron chi connectivity index (χ0n) is 10.1. The van der Waals surface area contributed by atoms with E-state index in [0.29, 0.717) is 11.1 Å². The fourth-order valence-electron chi connectivity index (χ4n) is 1.64. The molecule has 0 fully saturated rings. The Morgan fingerprint density at radius 3 is 2.75 bits per heavy atom. The molecule has 0 saturated carbocycles. The molecule has 0 amide bonds. The summed E-state index contributed by atoms with van der Waals surface area (Å²) in [7, 11) is 1.84. The van der Waals surface area contributed by atoms with E-state index in [1.807, 2.05) is 14.0 Å². The highest BCUT2D eigenvalue weighted by Gasteiger charge is 2.10. The third-order valence-electron chi connectivity index (χ3n) is 2.69. The Bertz CT molecular complexity index is 338. The first kappa shape index (κ1) is 13.5. The smallest absolute Gasteiger partial charge is 0.131 e. The number of hydrogen-bond acceptors (Lipinski definition) is 3. The second-order valence-electron chi connectivity index (χ2n) is 4.23. The second kappa shape index (κ2) is 6.23. The van der Waals surface area contributed by atoms with Gasteiger partial charge < -0.3 is 10.4 Å². The van der Waals surface area contributed by atoms with Gasteiger partial charge in [-0.2, -0.15) is 5.10 Å². The van der Waals surface area contributed by atoms with Gasteiger partial charge in [0.15, 0.2) is 0 Å². The number of aromatic nitrogens is 2. The number of nitrogens with one attached hydrogen (secondary N) is 1. The van der Waals surface area contributed by atoms with Crippen LogP contribution in [0.3, 0.4) is 0 Å². The van der Waals surface area contributed by atoms with Gasteiger partial charge in [0, 0.05) is 25.8 Å². The summed E-state index contributed by atoms with van der Waals surface area (Å²) in [6.07, 6.45) is 0.826. The van der Waals surface area contributed by atoms with E-state index in [4.69, 9.17) is 16.7 Å². The van der Waals surface area contributed by atoms with Gasteiger partial charge >= 0.3 is 0 Å². The average Bonchev–Trinajstić information content (AvgIpc) is 2.45. The van der Waals surface area contributed by atoms with E-state index in [9.17, 15) is 0 Å². The van der Waals surface area contributed by atoms with Crippen molar-refractivity contribution in [1.29, 1.82) is 0 Å². The topological polar surface area (TPSA) is 50.1 Å². The van der Waals surface area contributed by atoms with Crippen LogP contribution in [-0.2, 0) is 13.6 Å². The van der Waals surface area contributed by atoms with Crippen molar-refractivity contribution in [2.75, 3.05) is 13.2 Å². The standard InChI is InChI=1S/C11H20ClN3O/c1-8(4-5-16)6-13-7-10-9(2)14-15(3)11(10)12/h8,13,16H,4-7H2,1-3H3. The van der Waals surface area contributed by atoms with Crippen molar-refractivity contribution in [1.82, 2.24) is 15.1 Å². The lowest BCUT2D eigenvalue weighted by Crippen LogP contribution is -2.21. The summed E-state index contributed by atoms with van der Waals surface area (Å²) < 4.78 is 1.69. The summed E-state index contributed by atoms with van der Waals surface area (Å²) in [6, 6.07) is 0. The molecule has 1 aromatic heterocycles. The van der Waals surface area contributed by atoms with Gasteiger partial charge in [-0.05, 0) is 25.8 Å². The van der Waals surface area contributed by atoms with Gasteiger partial charge in [0.2, 0.25) is 0 Å². The van der Waals surface area contributed by atoms with Crippen molar-refractivity contribution in [3.05, 3.63) is 16.4 Å². The molecule has 1 rings (SSSR count). The Labute approximate surface area is 102 Å². The van der Waals surface area contributed by atoms with Gasteiger partial charge in [0.25, 0.3) is 0 Å². The van der Waals surface area contributed by atoms with E-state index in [-0.39, 0.29) is 6.61 Å². The van der Waals surface area contributed by atoms with Gasteiger partial charge in [0.1, 0.15) is 5.15 Å². The molecular weight excluding hydrogens is 226 g/mol. The van der Waals surface area contributed by atoms with E-state index in [1.54, 1.807) is 4.68 Å². The van der Waals surface area contributed by atoms with Crippen LogP contribution in [0.15, 0.2) is 0 Å². The fourth-order valence-corrected chi connectivity index (χ4v) is 1.88. The number of aryl methyl sites for hydroxylation is 2. The lowest BCUT2D eigenvalue weighted by atomic mass is 10.1. The van der Waals surface area contributed by atoms with Gasteiger partial charge in [-0.3, -0.25) is 4.68 Å². The van der Waals surface area contributed by atoms with E-state index in [1.165, 1.54) is 0 Å². The Balaban J connectivity index is 2.43. The molecule has 1 atom stereocenters. The van der Waals surface area contributed by atoms with Gasteiger partial charge in [-0.15, -0.1) is 0 Å². The molecule has 0 aliphatic rings. The van der Waals surface area contributed by atoms with Crippen molar-refractivity contribution < 1.29 is 5.11 Å². The second-order valence-corrected chi connectivity index (χ2v) is 4.58.